The highest BCUT2D eigenvalue weighted by Gasteiger charge is 2.40. The molecule has 1 heterocycles. The summed E-state index contributed by atoms with van der Waals surface area (Å²) in [6.07, 6.45) is 1.12. The lowest BCUT2D eigenvalue weighted by Gasteiger charge is -2.21. The highest BCUT2D eigenvalue weighted by Crippen LogP contribution is 2.31. The number of thiocarbonyl (C=S) groups is 1. The number of H-pyrrole nitrogens is 1. The Labute approximate surface area is 201 Å². The third-order valence-electron chi connectivity index (χ3n) is 5.48. The molecule has 0 radical (unpaired) electrons. The molecule has 34 heavy (non-hydrogen) atoms. The molecule has 12 heteroatoms. The maximum atomic E-state index is 10.3. The molecule has 0 saturated heterocycles. The topological polar surface area (TPSA) is 184 Å². The van der Waals surface area contributed by atoms with Crippen molar-refractivity contribution in [2.75, 3.05) is 18.9 Å². The maximum Gasteiger partial charge on any atom is 0.336 e. The average Bonchev–Trinajstić information content (AvgIpc) is 3.10. The molecule has 0 aliphatic heterocycles. The van der Waals surface area contributed by atoms with Gasteiger partial charge in [-0.3, -0.25) is 9.59 Å². The van der Waals surface area contributed by atoms with E-state index in [1.54, 1.807) is 0 Å². The van der Waals surface area contributed by atoms with E-state index in [0.717, 1.165) is 25.1 Å². The molecule has 0 bridgehead atoms. The van der Waals surface area contributed by atoms with Crippen molar-refractivity contribution < 1.29 is 34.8 Å². The van der Waals surface area contributed by atoms with E-state index in [4.69, 9.17) is 32.6 Å². The number of likely N-dealkylation sites (N-methyl/N-ethyl adjacent to an activating group) is 1. The highest BCUT2D eigenvalue weighted by molar-refractivity contribution is 7.80. The zero-order valence-corrected chi connectivity index (χ0v) is 19.8. The Morgan fingerprint density at radius 2 is 1.82 bits per heavy atom. The van der Waals surface area contributed by atoms with Crippen LogP contribution in [0.1, 0.15) is 37.4 Å². The van der Waals surface area contributed by atoms with Gasteiger partial charge >= 0.3 is 17.9 Å². The second kappa shape index (κ2) is 11.8. The first-order chi connectivity index (χ1) is 16.0. The summed E-state index contributed by atoms with van der Waals surface area (Å²) in [5.74, 6) is -5.02. The monoisotopic (exact) mass is 494 g/mol. The molecule has 11 nitrogen and oxygen atoms in total. The van der Waals surface area contributed by atoms with Crippen LogP contribution >= 0.6 is 12.2 Å². The molecule has 1 aliphatic carbocycles. The number of carboxylic acid groups (broad SMARTS) is 3. The van der Waals surface area contributed by atoms with Gasteiger partial charge in [0.25, 0.3) is 0 Å². The summed E-state index contributed by atoms with van der Waals surface area (Å²) in [4.78, 5) is 34.0. The Morgan fingerprint density at radius 1 is 1.18 bits per heavy atom. The van der Waals surface area contributed by atoms with Crippen molar-refractivity contribution >= 4 is 51.8 Å². The predicted molar refractivity (Wildman–Crippen MR) is 130 cm³/mol. The Kier molecular flexibility index (Phi) is 9.36. The Morgan fingerprint density at radius 3 is 2.35 bits per heavy atom. The lowest BCUT2D eigenvalue weighted by molar-refractivity contribution is -0.170. The summed E-state index contributed by atoms with van der Waals surface area (Å²) in [6.45, 7) is 2.87. The van der Waals surface area contributed by atoms with Crippen molar-refractivity contribution in [2.24, 2.45) is 0 Å². The SMILES string of the molecule is CCNC(=S)Nc1ccc2[nH]c3c(c2c1)CC(NC)CC3.O=C(O)CC(O)(CC(=O)O)C(=O)O. The van der Waals surface area contributed by atoms with Gasteiger partial charge in [-0.05, 0) is 69.2 Å². The smallest absolute Gasteiger partial charge is 0.336 e. The number of hydrogen-bond acceptors (Lipinski definition) is 6. The quantitative estimate of drug-likeness (QED) is 0.247. The number of carboxylic acids is 3. The fourth-order valence-corrected chi connectivity index (χ4v) is 4.05. The van der Waals surface area contributed by atoms with E-state index in [-0.39, 0.29) is 0 Å². The van der Waals surface area contributed by atoms with E-state index >= 15 is 0 Å². The number of anilines is 1. The Bertz CT molecular complexity index is 1050. The molecule has 1 aliphatic rings. The number of nitrogens with one attached hydrogen (secondary N) is 4. The van der Waals surface area contributed by atoms with Crippen molar-refractivity contribution in [3.8, 4) is 0 Å². The lowest BCUT2D eigenvalue weighted by Crippen LogP contribution is -2.42. The van der Waals surface area contributed by atoms with E-state index in [0.29, 0.717) is 11.2 Å². The normalized spacial score (nSPS) is 15.0. The third kappa shape index (κ3) is 7.14. The molecular formula is C22H30N4O7S. The number of hydrogen-bond donors (Lipinski definition) is 8. The van der Waals surface area contributed by atoms with Crippen LogP contribution in [0.5, 0.6) is 0 Å². The van der Waals surface area contributed by atoms with Gasteiger partial charge in [-0.25, -0.2) is 4.79 Å². The van der Waals surface area contributed by atoms with Crippen LogP contribution in [0.25, 0.3) is 10.9 Å². The minimum Gasteiger partial charge on any atom is -0.481 e. The molecule has 1 aromatic carbocycles. The number of carbonyl (C=O) groups is 3. The van der Waals surface area contributed by atoms with Crippen LogP contribution in [0.15, 0.2) is 18.2 Å². The maximum absolute atomic E-state index is 10.3. The molecule has 1 unspecified atom stereocenters. The van der Waals surface area contributed by atoms with Crippen molar-refractivity contribution in [3.05, 3.63) is 29.5 Å². The second-order valence-corrected chi connectivity index (χ2v) is 8.44. The number of aromatic nitrogens is 1. The Hall–Kier alpha value is -3.22. The largest absolute Gasteiger partial charge is 0.481 e. The number of benzene rings is 1. The molecule has 3 rings (SSSR count). The van der Waals surface area contributed by atoms with Gasteiger partial charge in [0.2, 0.25) is 0 Å². The highest BCUT2D eigenvalue weighted by atomic mass is 32.1. The third-order valence-corrected chi connectivity index (χ3v) is 5.72. The van der Waals surface area contributed by atoms with E-state index in [2.05, 4.69) is 39.1 Å². The molecule has 186 valence electrons. The molecule has 8 N–H and O–H groups in total. The van der Waals surface area contributed by atoms with E-state index in [1.807, 2.05) is 14.0 Å². The van der Waals surface area contributed by atoms with Crippen molar-refractivity contribution in [3.63, 3.8) is 0 Å². The summed E-state index contributed by atoms with van der Waals surface area (Å²) in [5, 5.41) is 45.6. The van der Waals surface area contributed by atoms with Crippen LogP contribution in [-0.2, 0) is 27.2 Å². The molecule has 1 aromatic heterocycles. The lowest BCUT2D eigenvalue weighted by atomic mass is 9.91. The number of aliphatic hydroxyl groups is 1. The number of aromatic amines is 1. The summed E-state index contributed by atoms with van der Waals surface area (Å²) >= 11 is 5.26. The van der Waals surface area contributed by atoms with E-state index in [9.17, 15) is 14.4 Å². The summed E-state index contributed by atoms with van der Waals surface area (Å²) in [6, 6.07) is 6.99. The molecule has 1 atom stereocenters. The first-order valence-electron chi connectivity index (χ1n) is 10.7. The van der Waals surface area contributed by atoms with E-state index in [1.165, 1.54) is 28.6 Å². The fraction of sp³-hybridized carbons (Fsp3) is 0.455. The van der Waals surface area contributed by atoms with Crippen LogP contribution < -0.4 is 16.0 Å². The molecule has 0 saturated carbocycles. The predicted octanol–water partition coefficient (Wildman–Crippen LogP) is 1.30. The van der Waals surface area contributed by atoms with Gasteiger partial charge in [-0.15, -0.1) is 0 Å². The van der Waals surface area contributed by atoms with Crippen LogP contribution in [-0.4, -0.2) is 73.7 Å². The summed E-state index contributed by atoms with van der Waals surface area (Å²) < 4.78 is 0. The van der Waals surface area contributed by atoms with E-state index < -0.39 is 36.4 Å². The molecule has 0 spiro atoms. The standard InChI is InChI=1S/C16H22N4S.C6H8O7/c1-3-18-16(21)19-11-5-7-15-13(9-11)12-8-10(17-2)4-6-14(12)20-15;7-3(8)1-6(13,5(11)12)2-4(9)10/h5,7,9-10,17,20H,3-4,6,8H2,1-2H3,(H2,18,19,21);13H,1-2H2,(H,7,8)(H,9,10)(H,11,12). The first kappa shape index (κ1) is 27.0. The van der Waals surface area contributed by atoms with Crippen LogP contribution in [0.2, 0.25) is 0 Å². The molecular weight excluding hydrogens is 464 g/mol. The van der Waals surface area contributed by atoms with Gasteiger partial charge in [0.1, 0.15) is 0 Å². The van der Waals surface area contributed by atoms with Gasteiger partial charge in [-0.2, -0.15) is 0 Å². The van der Waals surface area contributed by atoms with Gasteiger partial charge in [0.15, 0.2) is 10.7 Å². The minimum absolute atomic E-state index is 0.580. The van der Waals surface area contributed by atoms with Gasteiger partial charge < -0.3 is 41.4 Å². The first-order valence-corrected chi connectivity index (χ1v) is 11.1. The van der Waals surface area contributed by atoms with Gasteiger partial charge in [0.05, 0.1) is 12.8 Å². The summed E-state index contributed by atoms with van der Waals surface area (Å²) in [7, 11) is 2.05. The molecule has 0 amide bonds. The number of rotatable bonds is 8. The molecule has 0 fully saturated rings. The van der Waals surface area contributed by atoms with Gasteiger partial charge in [0, 0.05) is 34.9 Å². The number of aliphatic carboxylic acids is 3. The number of aryl methyl sites for hydroxylation is 1. The van der Waals surface area contributed by atoms with Crippen molar-refractivity contribution in [1.29, 1.82) is 0 Å². The Balaban J connectivity index is 0.000000273. The molecule has 2 aromatic rings. The zero-order chi connectivity index (χ0) is 25.5. The van der Waals surface area contributed by atoms with Crippen LogP contribution in [0.3, 0.4) is 0 Å². The van der Waals surface area contributed by atoms with Crippen molar-refractivity contribution in [2.45, 2.75) is 50.7 Å². The summed E-state index contributed by atoms with van der Waals surface area (Å²) in [5.41, 5.74) is 2.37. The van der Waals surface area contributed by atoms with Gasteiger partial charge in [-0.1, -0.05) is 0 Å². The number of fused-ring (bicyclic) bond motifs is 3. The minimum atomic E-state index is -2.74. The average molecular weight is 495 g/mol. The fourth-order valence-electron chi connectivity index (χ4n) is 3.79. The second-order valence-electron chi connectivity index (χ2n) is 8.03. The zero-order valence-electron chi connectivity index (χ0n) is 19.0. The van der Waals surface area contributed by atoms with Crippen LogP contribution in [0, 0.1) is 0 Å². The van der Waals surface area contributed by atoms with Crippen LogP contribution in [0.4, 0.5) is 5.69 Å². The van der Waals surface area contributed by atoms with Crippen molar-refractivity contribution in [1.82, 2.24) is 15.6 Å².